The third-order valence-electron chi connectivity index (χ3n) is 2.36. The molecule has 0 saturated carbocycles. The quantitative estimate of drug-likeness (QED) is 0.766. The topological polar surface area (TPSA) is 57.4 Å². The summed E-state index contributed by atoms with van der Waals surface area (Å²) in [5, 5.41) is 0. The van der Waals surface area contributed by atoms with Gasteiger partial charge in [-0.05, 0) is 18.6 Å². The second kappa shape index (κ2) is 4.59. The first kappa shape index (κ1) is 11.9. The van der Waals surface area contributed by atoms with E-state index in [1.165, 1.54) is 0 Å². The molecule has 4 heteroatoms. The molecule has 0 aliphatic heterocycles. The van der Waals surface area contributed by atoms with Crippen LogP contribution < -0.4 is 10.6 Å². The molecule has 1 heterocycles. The molecular formula is C11H18N2O2. The number of hydrogen-bond donors (Lipinski definition) is 1. The van der Waals surface area contributed by atoms with E-state index in [2.05, 4.69) is 18.8 Å². The zero-order valence-corrected chi connectivity index (χ0v) is 9.70. The molecular weight excluding hydrogens is 192 g/mol. The number of nitrogens with two attached hydrogens (primary N) is 1. The van der Waals surface area contributed by atoms with Crippen LogP contribution in [0.1, 0.15) is 25.1 Å². The molecule has 0 spiro atoms. The number of nitrogens with zero attached hydrogens (tertiary/aromatic N) is 1. The third kappa shape index (κ3) is 2.91. The Bertz CT molecular complexity index is 337. The lowest BCUT2D eigenvalue weighted by Gasteiger charge is -2.24. The van der Waals surface area contributed by atoms with E-state index in [0.29, 0.717) is 12.5 Å². The van der Waals surface area contributed by atoms with Crippen molar-refractivity contribution in [2.24, 2.45) is 5.90 Å². The number of hydrogen-bond acceptors (Lipinski definition) is 4. The van der Waals surface area contributed by atoms with Gasteiger partial charge in [0.2, 0.25) is 5.88 Å². The van der Waals surface area contributed by atoms with Crippen LogP contribution in [0, 0.1) is 6.92 Å². The fraction of sp³-hybridized carbons (Fsp3) is 0.545. The van der Waals surface area contributed by atoms with E-state index < -0.39 is 0 Å². The van der Waals surface area contributed by atoms with Gasteiger partial charge in [0.15, 0.2) is 0 Å². The van der Waals surface area contributed by atoms with Gasteiger partial charge in [0.1, 0.15) is 0 Å². The second-order valence-electron chi connectivity index (χ2n) is 4.23. The zero-order chi connectivity index (χ0) is 11.5. The fourth-order valence-corrected chi connectivity index (χ4v) is 1.43. The zero-order valence-electron chi connectivity index (χ0n) is 9.70. The smallest absolute Gasteiger partial charge is 0.213 e. The summed E-state index contributed by atoms with van der Waals surface area (Å²) in [7, 11) is 1.61. The van der Waals surface area contributed by atoms with Crippen LogP contribution in [0.2, 0.25) is 0 Å². The number of aromatic nitrogens is 1. The maximum absolute atomic E-state index is 5.13. The number of ether oxygens (including phenoxy) is 1. The SMILES string of the molecule is COc1cc(C(C)(C)CON)cc(C)n1. The summed E-state index contributed by atoms with van der Waals surface area (Å²) in [5.41, 5.74) is 1.89. The van der Waals surface area contributed by atoms with Crippen LogP contribution in [0.3, 0.4) is 0 Å². The van der Waals surface area contributed by atoms with E-state index in [9.17, 15) is 0 Å². The summed E-state index contributed by atoms with van der Waals surface area (Å²) in [5.74, 6) is 5.73. The molecule has 0 saturated heterocycles. The van der Waals surface area contributed by atoms with Gasteiger partial charge in [0.05, 0.1) is 13.7 Å². The van der Waals surface area contributed by atoms with Gasteiger partial charge in [-0.1, -0.05) is 13.8 Å². The Morgan fingerprint density at radius 2 is 2.07 bits per heavy atom. The summed E-state index contributed by atoms with van der Waals surface area (Å²) in [6.07, 6.45) is 0. The average Bonchev–Trinajstić information content (AvgIpc) is 2.16. The molecule has 2 N–H and O–H groups in total. The lowest BCUT2D eigenvalue weighted by molar-refractivity contribution is 0.0963. The number of aryl methyl sites for hydroxylation is 1. The first-order valence-electron chi connectivity index (χ1n) is 4.84. The van der Waals surface area contributed by atoms with Crippen LogP contribution >= 0.6 is 0 Å². The minimum atomic E-state index is -0.143. The molecule has 0 aromatic carbocycles. The molecule has 0 aliphatic rings. The Labute approximate surface area is 90.4 Å². The van der Waals surface area contributed by atoms with Gasteiger partial charge >= 0.3 is 0 Å². The molecule has 0 aliphatic carbocycles. The Hall–Kier alpha value is -1.13. The molecule has 0 fully saturated rings. The minimum absolute atomic E-state index is 0.143. The van der Waals surface area contributed by atoms with Crippen molar-refractivity contribution in [2.45, 2.75) is 26.2 Å². The second-order valence-corrected chi connectivity index (χ2v) is 4.23. The molecule has 1 aromatic rings. The fourth-order valence-electron chi connectivity index (χ4n) is 1.43. The molecule has 15 heavy (non-hydrogen) atoms. The molecule has 0 unspecified atom stereocenters. The van der Waals surface area contributed by atoms with E-state index in [1.54, 1.807) is 7.11 Å². The molecule has 0 bridgehead atoms. The van der Waals surface area contributed by atoms with Gasteiger partial charge < -0.3 is 9.57 Å². The van der Waals surface area contributed by atoms with Crippen molar-refractivity contribution in [3.63, 3.8) is 0 Å². The lowest BCUT2D eigenvalue weighted by atomic mass is 9.86. The summed E-state index contributed by atoms with van der Waals surface area (Å²) < 4.78 is 5.13. The maximum atomic E-state index is 5.13. The number of rotatable bonds is 4. The van der Waals surface area contributed by atoms with Crippen LogP contribution in [0.25, 0.3) is 0 Å². The average molecular weight is 210 g/mol. The number of methoxy groups -OCH3 is 1. The van der Waals surface area contributed by atoms with Crippen LogP contribution in [0.5, 0.6) is 5.88 Å². The van der Waals surface area contributed by atoms with Crippen molar-refractivity contribution in [3.05, 3.63) is 23.4 Å². The van der Waals surface area contributed by atoms with Gasteiger partial charge in [0, 0.05) is 17.2 Å². The first-order chi connectivity index (χ1) is 6.99. The van der Waals surface area contributed by atoms with Crippen LogP contribution in [0.15, 0.2) is 12.1 Å². The Morgan fingerprint density at radius 1 is 1.40 bits per heavy atom. The molecule has 0 atom stereocenters. The predicted molar refractivity (Wildman–Crippen MR) is 58.7 cm³/mol. The van der Waals surface area contributed by atoms with Gasteiger partial charge in [-0.25, -0.2) is 10.9 Å². The van der Waals surface area contributed by atoms with Gasteiger partial charge in [-0.15, -0.1) is 0 Å². The van der Waals surface area contributed by atoms with Crippen molar-refractivity contribution in [1.29, 1.82) is 0 Å². The highest BCUT2D eigenvalue weighted by Gasteiger charge is 2.22. The van der Waals surface area contributed by atoms with E-state index in [-0.39, 0.29) is 5.41 Å². The Balaban J connectivity index is 3.07. The van der Waals surface area contributed by atoms with Crippen molar-refractivity contribution in [1.82, 2.24) is 4.98 Å². The van der Waals surface area contributed by atoms with E-state index in [1.807, 2.05) is 19.1 Å². The van der Waals surface area contributed by atoms with Crippen molar-refractivity contribution >= 4 is 0 Å². The van der Waals surface area contributed by atoms with Crippen LogP contribution in [-0.2, 0) is 10.3 Å². The first-order valence-corrected chi connectivity index (χ1v) is 4.84. The highest BCUT2D eigenvalue weighted by atomic mass is 16.6. The van der Waals surface area contributed by atoms with Gasteiger partial charge in [0.25, 0.3) is 0 Å². The Kier molecular flexibility index (Phi) is 3.66. The van der Waals surface area contributed by atoms with Crippen LogP contribution in [0.4, 0.5) is 0 Å². The number of pyridine rings is 1. The summed E-state index contributed by atoms with van der Waals surface area (Å²) in [6, 6.07) is 3.92. The summed E-state index contributed by atoms with van der Waals surface area (Å²) in [6.45, 7) is 6.52. The molecule has 1 rings (SSSR count). The highest BCUT2D eigenvalue weighted by Crippen LogP contribution is 2.26. The normalized spacial score (nSPS) is 11.5. The largest absolute Gasteiger partial charge is 0.481 e. The van der Waals surface area contributed by atoms with Crippen LogP contribution in [-0.4, -0.2) is 18.7 Å². The minimum Gasteiger partial charge on any atom is -0.481 e. The predicted octanol–water partition coefficient (Wildman–Crippen LogP) is 1.57. The third-order valence-corrected chi connectivity index (χ3v) is 2.36. The Morgan fingerprint density at radius 3 is 2.60 bits per heavy atom. The maximum Gasteiger partial charge on any atom is 0.213 e. The molecule has 4 nitrogen and oxygen atoms in total. The highest BCUT2D eigenvalue weighted by molar-refractivity contribution is 5.30. The van der Waals surface area contributed by atoms with E-state index in [0.717, 1.165) is 11.3 Å². The van der Waals surface area contributed by atoms with Crippen molar-refractivity contribution in [3.8, 4) is 5.88 Å². The molecule has 0 amide bonds. The molecule has 1 aromatic heterocycles. The van der Waals surface area contributed by atoms with E-state index in [4.69, 9.17) is 15.5 Å². The molecule has 0 radical (unpaired) electrons. The summed E-state index contributed by atoms with van der Waals surface area (Å²) >= 11 is 0. The monoisotopic (exact) mass is 210 g/mol. The van der Waals surface area contributed by atoms with Gasteiger partial charge in [-0.3, -0.25) is 0 Å². The van der Waals surface area contributed by atoms with Crippen molar-refractivity contribution < 1.29 is 9.57 Å². The molecule has 84 valence electrons. The van der Waals surface area contributed by atoms with Gasteiger partial charge in [-0.2, -0.15) is 0 Å². The summed E-state index contributed by atoms with van der Waals surface area (Å²) in [4.78, 5) is 8.94. The van der Waals surface area contributed by atoms with E-state index >= 15 is 0 Å². The van der Waals surface area contributed by atoms with Crippen molar-refractivity contribution in [2.75, 3.05) is 13.7 Å². The standard InChI is InChI=1S/C11H18N2O2/c1-8-5-9(6-10(13-8)14-4)11(2,3)7-15-12/h5-6H,7,12H2,1-4H3. The lowest BCUT2D eigenvalue weighted by Crippen LogP contribution is -2.26.